The molecule has 1 aliphatic heterocycles. The number of aryl methyl sites for hydroxylation is 1. The molecule has 5 heteroatoms. The number of benzene rings is 2. The predicted molar refractivity (Wildman–Crippen MR) is 111 cm³/mol. The number of rotatable bonds is 7. The maximum atomic E-state index is 12.4. The highest BCUT2D eigenvalue weighted by molar-refractivity contribution is 5.74. The molecule has 150 valence electrons. The topological polar surface area (TPSA) is 50.8 Å². The fraction of sp³-hybridized carbons (Fsp3) is 0.435. The highest BCUT2D eigenvalue weighted by atomic mass is 16.5. The highest BCUT2D eigenvalue weighted by Gasteiger charge is 2.24. The standard InChI is InChI=1S/C23H30N2O3/c1-3-27-21-9-4-5-10-22(21)28-20-12-15-25(16-13-20)23(26)24-14-11-19-8-6-7-18(2)17-19/h4-10,17,20H,3,11-16H2,1-2H3,(H,24,26). The minimum Gasteiger partial charge on any atom is -0.490 e. The summed E-state index contributed by atoms with van der Waals surface area (Å²) in [6.45, 7) is 6.73. The SMILES string of the molecule is CCOc1ccccc1OC1CCN(C(=O)NCCc2cccc(C)c2)CC1. The minimum atomic E-state index is 0.0146. The number of para-hydroxylation sites is 2. The second kappa shape index (κ2) is 10.0. The molecule has 2 aromatic rings. The largest absolute Gasteiger partial charge is 0.490 e. The van der Waals surface area contributed by atoms with E-state index in [1.54, 1.807) is 0 Å². The van der Waals surface area contributed by atoms with Crippen LogP contribution in [0.15, 0.2) is 48.5 Å². The Kier molecular flexibility index (Phi) is 7.18. The molecule has 0 spiro atoms. The van der Waals surface area contributed by atoms with Gasteiger partial charge in [0.05, 0.1) is 6.61 Å². The van der Waals surface area contributed by atoms with Crippen LogP contribution >= 0.6 is 0 Å². The zero-order chi connectivity index (χ0) is 19.8. The third kappa shape index (κ3) is 5.65. The van der Waals surface area contributed by atoms with E-state index in [4.69, 9.17) is 9.47 Å². The Morgan fingerprint density at radius 3 is 2.57 bits per heavy atom. The molecule has 3 rings (SSSR count). The van der Waals surface area contributed by atoms with Gasteiger partial charge in [-0.1, -0.05) is 42.0 Å². The van der Waals surface area contributed by atoms with Crippen molar-refractivity contribution in [3.63, 3.8) is 0 Å². The van der Waals surface area contributed by atoms with Crippen LogP contribution in [0.3, 0.4) is 0 Å². The van der Waals surface area contributed by atoms with Crippen LogP contribution in [0.5, 0.6) is 11.5 Å². The van der Waals surface area contributed by atoms with E-state index in [1.165, 1.54) is 11.1 Å². The van der Waals surface area contributed by atoms with Gasteiger partial charge in [-0.05, 0) is 38.0 Å². The van der Waals surface area contributed by atoms with Crippen molar-refractivity contribution in [1.82, 2.24) is 10.2 Å². The van der Waals surface area contributed by atoms with Crippen molar-refractivity contribution in [2.45, 2.75) is 39.2 Å². The molecule has 0 aliphatic carbocycles. The molecule has 1 aliphatic rings. The molecule has 2 aromatic carbocycles. The fourth-order valence-corrected chi connectivity index (χ4v) is 3.47. The Hall–Kier alpha value is -2.69. The van der Waals surface area contributed by atoms with Crippen molar-refractivity contribution in [1.29, 1.82) is 0 Å². The van der Waals surface area contributed by atoms with E-state index in [-0.39, 0.29) is 12.1 Å². The number of likely N-dealkylation sites (tertiary alicyclic amines) is 1. The number of nitrogens with zero attached hydrogens (tertiary/aromatic N) is 1. The molecule has 1 N–H and O–H groups in total. The van der Waals surface area contributed by atoms with Gasteiger partial charge in [0.1, 0.15) is 6.10 Å². The van der Waals surface area contributed by atoms with Gasteiger partial charge in [0.2, 0.25) is 0 Å². The Morgan fingerprint density at radius 1 is 1.11 bits per heavy atom. The summed E-state index contributed by atoms with van der Waals surface area (Å²) in [4.78, 5) is 14.3. The van der Waals surface area contributed by atoms with Crippen molar-refractivity contribution in [3.8, 4) is 11.5 Å². The van der Waals surface area contributed by atoms with E-state index in [2.05, 4.69) is 36.5 Å². The van der Waals surface area contributed by atoms with Crippen LogP contribution in [0.4, 0.5) is 4.79 Å². The number of hydrogen-bond acceptors (Lipinski definition) is 3. The lowest BCUT2D eigenvalue weighted by Gasteiger charge is -2.32. The summed E-state index contributed by atoms with van der Waals surface area (Å²) < 4.78 is 11.8. The van der Waals surface area contributed by atoms with E-state index in [0.717, 1.165) is 30.8 Å². The highest BCUT2D eigenvalue weighted by Crippen LogP contribution is 2.29. The van der Waals surface area contributed by atoms with Crippen LogP contribution in [0.1, 0.15) is 30.9 Å². The lowest BCUT2D eigenvalue weighted by atomic mass is 10.1. The molecule has 2 amide bonds. The molecular formula is C23H30N2O3. The third-order valence-corrected chi connectivity index (χ3v) is 4.94. The first-order chi connectivity index (χ1) is 13.7. The number of ether oxygens (including phenoxy) is 2. The van der Waals surface area contributed by atoms with Crippen molar-refractivity contribution in [2.24, 2.45) is 0 Å². The van der Waals surface area contributed by atoms with Gasteiger partial charge >= 0.3 is 6.03 Å². The zero-order valence-corrected chi connectivity index (χ0v) is 16.8. The Morgan fingerprint density at radius 2 is 1.86 bits per heavy atom. The van der Waals surface area contributed by atoms with E-state index in [9.17, 15) is 4.79 Å². The number of nitrogens with one attached hydrogen (secondary N) is 1. The Balaban J connectivity index is 1.41. The molecule has 1 heterocycles. The molecular weight excluding hydrogens is 352 g/mol. The van der Waals surface area contributed by atoms with Crippen LogP contribution in [0.2, 0.25) is 0 Å². The van der Waals surface area contributed by atoms with Gasteiger partial charge in [0.15, 0.2) is 11.5 Å². The first-order valence-electron chi connectivity index (χ1n) is 10.1. The molecule has 0 bridgehead atoms. The van der Waals surface area contributed by atoms with Crippen LogP contribution in [-0.4, -0.2) is 43.3 Å². The second-order valence-electron chi connectivity index (χ2n) is 7.15. The number of carbonyl (C=O) groups is 1. The molecule has 0 aromatic heterocycles. The van der Waals surface area contributed by atoms with Gasteiger partial charge in [-0.2, -0.15) is 0 Å². The number of amides is 2. The zero-order valence-electron chi connectivity index (χ0n) is 16.8. The average Bonchev–Trinajstić information content (AvgIpc) is 2.70. The maximum Gasteiger partial charge on any atom is 0.317 e. The Labute approximate surface area is 167 Å². The summed E-state index contributed by atoms with van der Waals surface area (Å²) >= 11 is 0. The van der Waals surface area contributed by atoms with Gasteiger partial charge in [-0.3, -0.25) is 0 Å². The summed E-state index contributed by atoms with van der Waals surface area (Å²) in [5.74, 6) is 1.56. The fourth-order valence-electron chi connectivity index (χ4n) is 3.47. The summed E-state index contributed by atoms with van der Waals surface area (Å²) in [6.07, 6.45) is 2.61. The second-order valence-corrected chi connectivity index (χ2v) is 7.15. The molecule has 0 unspecified atom stereocenters. The first-order valence-corrected chi connectivity index (χ1v) is 10.1. The van der Waals surface area contributed by atoms with Gasteiger partial charge in [-0.25, -0.2) is 4.79 Å². The van der Waals surface area contributed by atoms with Crippen molar-refractivity contribution >= 4 is 6.03 Å². The maximum absolute atomic E-state index is 12.4. The lowest BCUT2D eigenvalue weighted by Crippen LogP contribution is -2.46. The van der Waals surface area contributed by atoms with E-state index in [0.29, 0.717) is 26.2 Å². The van der Waals surface area contributed by atoms with Gasteiger partial charge in [-0.15, -0.1) is 0 Å². The summed E-state index contributed by atoms with van der Waals surface area (Å²) in [6, 6.07) is 16.2. The number of piperidine rings is 1. The third-order valence-electron chi connectivity index (χ3n) is 4.94. The molecule has 0 saturated carbocycles. The Bertz CT molecular complexity index is 770. The molecule has 1 fully saturated rings. The summed E-state index contributed by atoms with van der Waals surface area (Å²) in [5.41, 5.74) is 2.50. The number of hydrogen-bond donors (Lipinski definition) is 1. The summed E-state index contributed by atoms with van der Waals surface area (Å²) in [5, 5.41) is 3.04. The summed E-state index contributed by atoms with van der Waals surface area (Å²) in [7, 11) is 0. The molecule has 5 nitrogen and oxygen atoms in total. The minimum absolute atomic E-state index is 0.0146. The van der Waals surface area contributed by atoms with Crippen molar-refractivity contribution in [3.05, 3.63) is 59.7 Å². The average molecular weight is 383 g/mol. The lowest BCUT2D eigenvalue weighted by molar-refractivity contribution is 0.107. The van der Waals surface area contributed by atoms with E-state index < -0.39 is 0 Å². The number of carbonyl (C=O) groups excluding carboxylic acids is 1. The predicted octanol–water partition coefficient (Wildman–Crippen LogP) is 4.19. The van der Waals surface area contributed by atoms with Crippen molar-refractivity contribution in [2.75, 3.05) is 26.2 Å². The van der Waals surface area contributed by atoms with E-state index >= 15 is 0 Å². The smallest absolute Gasteiger partial charge is 0.317 e. The number of urea groups is 1. The molecule has 1 saturated heterocycles. The van der Waals surface area contributed by atoms with E-state index in [1.807, 2.05) is 36.1 Å². The van der Waals surface area contributed by atoms with Crippen LogP contribution < -0.4 is 14.8 Å². The molecule has 0 atom stereocenters. The van der Waals surface area contributed by atoms with Crippen molar-refractivity contribution < 1.29 is 14.3 Å². The van der Waals surface area contributed by atoms with Crippen LogP contribution in [0, 0.1) is 6.92 Å². The van der Waals surface area contributed by atoms with Crippen LogP contribution in [-0.2, 0) is 6.42 Å². The van der Waals surface area contributed by atoms with Gasteiger partial charge in [0.25, 0.3) is 0 Å². The normalized spacial score (nSPS) is 14.6. The first kappa shape index (κ1) is 20.1. The molecule has 28 heavy (non-hydrogen) atoms. The van der Waals surface area contributed by atoms with Gasteiger partial charge < -0.3 is 19.7 Å². The molecule has 0 radical (unpaired) electrons. The quantitative estimate of drug-likeness (QED) is 0.781. The monoisotopic (exact) mass is 382 g/mol. The van der Waals surface area contributed by atoms with Crippen LogP contribution in [0.25, 0.3) is 0 Å². The van der Waals surface area contributed by atoms with Gasteiger partial charge in [0, 0.05) is 32.5 Å².